The largest absolute Gasteiger partial charge is 0.467 e. The molecule has 0 heterocycles. The lowest BCUT2D eigenvalue weighted by atomic mass is 9.83. The van der Waals surface area contributed by atoms with Crippen molar-refractivity contribution in [3.05, 3.63) is 35.9 Å². The van der Waals surface area contributed by atoms with E-state index in [0.29, 0.717) is 0 Å². The molecule has 2 rings (SSSR count). The Balaban J connectivity index is 1.90. The number of carbonyl (C=O) groups excluding carboxylic acids is 3. The smallest absolute Gasteiger partial charge is 0.408 e. The Labute approximate surface area is 164 Å². The highest BCUT2D eigenvalue weighted by atomic mass is 16.5. The third-order valence-electron chi connectivity index (χ3n) is 4.88. The molecule has 154 valence electrons. The van der Waals surface area contributed by atoms with Gasteiger partial charge < -0.3 is 25.2 Å². The highest BCUT2D eigenvalue weighted by molar-refractivity contribution is 5.89. The van der Waals surface area contributed by atoms with Crippen molar-refractivity contribution in [3.8, 4) is 0 Å². The van der Waals surface area contributed by atoms with Gasteiger partial charge in [0.25, 0.3) is 0 Å². The number of carbonyl (C=O) groups is 3. The SMILES string of the molecule is COC(=O)[C@@H](NC(=O)[C@H](CO)NC(=O)OCc1ccccc1)C1CCCCC1. The number of rotatable bonds is 8. The lowest BCUT2D eigenvalue weighted by Gasteiger charge is -2.30. The first kappa shape index (κ1) is 21.7. The monoisotopic (exact) mass is 392 g/mol. The zero-order valence-corrected chi connectivity index (χ0v) is 16.1. The molecule has 28 heavy (non-hydrogen) atoms. The van der Waals surface area contributed by atoms with Gasteiger partial charge in [-0.05, 0) is 24.3 Å². The number of aliphatic hydroxyl groups excluding tert-OH is 1. The number of amides is 2. The van der Waals surface area contributed by atoms with Crippen LogP contribution in [0.1, 0.15) is 37.7 Å². The number of ether oxygens (including phenoxy) is 2. The lowest BCUT2D eigenvalue weighted by Crippen LogP contribution is -2.55. The first-order valence-corrected chi connectivity index (χ1v) is 9.51. The number of esters is 1. The van der Waals surface area contributed by atoms with E-state index in [1.807, 2.05) is 18.2 Å². The Morgan fingerprint density at radius 2 is 1.79 bits per heavy atom. The average Bonchev–Trinajstić information content (AvgIpc) is 2.75. The summed E-state index contributed by atoms with van der Waals surface area (Å²) in [7, 11) is 1.27. The standard InChI is InChI=1S/C20H28N2O6/c1-27-19(25)17(15-10-6-3-7-11-15)22-18(24)16(12-23)21-20(26)28-13-14-8-4-2-5-9-14/h2,4-5,8-9,15-17,23H,3,6-7,10-13H2,1H3,(H,21,26)(H,22,24)/t16-,17-/m0/s1. The van der Waals surface area contributed by atoms with Gasteiger partial charge in [0.1, 0.15) is 18.7 Å². The van der Waals surface area contributed by atoms with Gasteiger partial charge in [-0.15, -0.1) is 0 Å². The molecule has 2 amide bonds. The fraction of sp³-hybridized carbons (Fsp3) is 0.550. The Morgan fingerprint density at radius 3 is 2.39 bits per heavy atom. The molecule has 0 unspecified atom stereocenters. The fourth-order valence-corrected chi connectivity index (χ4v) is 3.32. The van der Waals surface area contributed by atoms with Crippen LogP contribution < -0.4 is 10.6 Å². The topological polar surface area (TPSA) is 114 Å². The van der Waals surface area contributed by atoms with Crippen LogP contribution in [0.3, 0.4) is 0 Å². The number of aliphatic hydroxyl groups is 1. The van der Waals surface area contributed by atoms with Gasteiger partial charge in [-0.1, -0.05) is 49.6 Å². The van der Waals surface area contributed by atoms with Crippen LogP contribution >= 0.6 is 0 Å². The molecule has 0 bridgehead atoms. The molecule has 3 N–H and O–H groups in total. The minimum atomic E-state index is -1.22. The maximum Gasteiger partial charge on any atom is 0.408 e. The Morgan fingerprint density at radius 1 is 1.11 bits per heavy atom. The molecule has 2 atom stereocenters. The molecule has 0 spiro atoms. The van der Waals surface area contributed by atoms with Crippen LogP contribution in [0.15, 0.2) is 30.3 Å². The number of benzene rings is 1. The Hall–Kier alpha value is -2.61. The van der Waals surface area contributed by atoms with Crippen LogP contribution in [0, 0.1) is 5.92 Å². The van der Waals surface area contributed by atoms with Crippen molar-refractivity contribution in [1.29, 1.82) is 0 Å². The fourth-order valence-electron chi connectivity index (χ4n) is 3.32. The first-order chi connectivity index (χ1) is 13.5. The Kier molecular flexibility index (Phi) is 8.74. The predicted octanol–water partition coefficient (Wildman–Crippen LogP) is 1.51. The maximum absolute atomic E-state index is 12.5. The van der Waals surface area contributed by atoms with E-state index in [-0.39, 0.29) is 12.5 Å². The molecule has 1 fully saturated rings. The van der Waals surface area contributed by atoms with E-state index in [1.54, 1.807) is 12.1 Å². The third kappa shape index (κ3) is 6.53. The van der Waals surface area contributed by atoms with Crippen LogP contribution in [0.5, 0.6) is 0 Å². The second-order valence-corrected chi connectivity index (χ2v) is 6.85. The maximum atomic E-state index is 12.5. The summed E-state index contributed by atoms with van der Waals surface area (Å²) in [5.74, 6) is -1.20. The molecule has 1 aromatic rings. The van der Waals surface area contributed by atoms with Crippen molar-refractivity contribution in [1.82, 2.24) is 10.6 Å². The summed E-state index contributed by atoms with van der Waals surface area (Å²) in [4.78, 5) is 36.6. The predicted molar refractivity (Wildman–Crippen MR) is 101 cm³/mol. The summed E-state index contributed by atoms with van der Waals surface area (Å²) in [5.41, 5.74) is 0.797. The number of methoxy groups -OCH3 is 1. The summed E-state index contributed by atoms with van der Waals surface area (Å²) < 4.78 is 9.89. The molecule has 1 saturated carbocycles. The molecule has 8 nitrogen and oxygen atoms in total. The molecule has 1 aliphatic rings. The number of hydrogen-bond donors (Lipinski definition) is 3. The first-order valence-electron chi connectivity index (χ1n) is 9.51. The van der Waals surface area contributed by atoms with Crippen LogP contribution in [-0.4, -0.2) is 48.9 Å². The highest BCUT2D eigenvalue weighted by Crippen LogP contribution is 2.27. The van der Waals surface area contributed by atoms with Crippen molar-refractivity contribution < 1.29 is 29.0 Å². The number of nitrogens with one attached hydrogen (secondary N) is 2. The molecule has 1 aromatic carbocycles. The van der Waals surface area contributed by atoms with Gasteiger partial charge in [-0.2, -0.15) is 0 Å². The minimum Gasteiger partial charge on any atom is -0.467 e. The van der Waals surface area contributed by atoms with Gasteiger partial charge in [0.15, 0.2) is 0 Å². The van der Waals surface area contributed by atoms with E-state index in [0.717, 1.165) is 37.7 Å². The molecular weight excluding hydrogens is 364 g/mol. The van der Waals surface area contributed by atoms with Crippen LogP contribution in [0.2, 0.25) is 0 Å². The van der Waals surface area contributed by atoms with Gasteiger partial charge >= 0.3 is 12.1 Å². The molecule has 0 saturated heterocycles. The number of hydrogen-bond acceptors (Lipinski definition) is 6. The second-order valence-electron chi connectivity index (χ2n) is 6.85. The van der Waals surface area contributed by atoms with Crippen LogP contribution in [-0.2, 0) is 25.7 Å². The summed E-state index contributed by atoms with van der Waals surface area (Å²) >= 11 is 0. The quantitative estimate of drug-likeness (QED) is 0.578. The second kappa shape index (κ2) is 11.3. The zero-order chi connectivity index (χ0) is 20.4. The van der Waals surface area contributed by atoms with Gasteiger partial charge in [-0.25, -0.2) is 9.59 Å². The van der Waals surface area contributed by atoms with Crippen molar-refractivity contribution in [2.75, 3.05) is 13.7 Å². The summed E-state index contributed by atoms with van der Waals surface area (Å²) in [6.45, 7) is -0.579. The van der Waals surface area contributed by atoms with Crippen molar-refractivity contribution in [3.63, 3.8) is 0 Å². The van der Waals surface area contributed by atoms with Crippen molar-refractivity contribution in [2.24, 2.45) is 5.92 Å². The van der Waals surface area contributed by atoms with E-state index in [4.69, 9.17) is 9.47 Å². The summed E-state index contributed by atoms with van der Waals surface area (Å²) in [6, 6.07) is 7.06. The van der Waals surface area contributed by atoms with E-state index < -0.39 is 36.7 Å². The van der Waals surface area contributed by atoms with Gasteiger partial charge in [0, 0.05) is 0 Å². The van der Waals surface area contributed by atoms with Crippen molar-refractivity contribution in [2.45, 2.75) is 50.8 Å². The summed E-state index contributed by atoms with van der Waals surface area (Å²) in [6.07, 6.45) is 3.88. The molecule has 8 heteroatoms. The molecule has 1 aliphatic carbocycles. The van der Waals surface area contributed by atoms with Crippen LogP contribution in [0.25, 0.3) is 0 Å². The zero-order valence-electron chi connectivity index (χ0n) is 16.1. The Bertz CT molecular complexity index is 645. The van der Waals surface area contributed by atoms with Gasteiger partial charge in [0.05, 0.1) is 13.7 Å². The average molecular weight is 392 g/mol. The van der Waals surface area contributed by atoms with Gasteiger partial charge in [-0.3, -0.25) is 4.79 Å². The van der Waals surface area contributed by atoms with Crippen LogP contribution in [0.4, 0.5) is 4.79 Å². The van der Waals surface area contributed by atoms with E-state index >= 15 is 0 Å². The summed E-state index contributed by atoms with van der Waals surface area (Å²) in [5, 5.41) is 14.5. The van der Waals surface area contributed by atoms with E-state index in [2.05, 4.69) is 10.6 Å². The molecule has 0 aromatic heterocycles. The minimum absolute atomic E-state index is 0.0190. The highest BCUT2D eigenvalue weighted by Gasteiger charge is 2.33. The number of alkyl carbamates (subject to hydrolysis) is 1. The van der Waals surface area contributed by atoms with E-state index in [1.165, 1.54) is 7.11 Å². The molecule has 0 radical (unpaired) electrons. The van der Waals surface area contributed by atoms with Gasteiger partial charge in [0.2, 0.25) is 5.91 Å². The molecule has 0 aliphatic heterocycles. The normalized spacial score (nSPS) is 16.5. The van der Waals surface area contributed by atoms with E-state index in [9.17, 15) is 19.5 Å². The lowest BCUT2D eigenvalue weighted by molar-refractivity contribution is -0.147. The molecular formula is C20H28N2O6. The third-order valence-corrected chi connectivity index (χ3v) is 4.88. The van der Waals surface area contributed by atoms with Crippen molar-refractivity contribution >= 4 is 18.0 Å².